The van der Waals surface area contributed by atoms with E-state index in [4.69, 9.17) is 4.74 Å². The zero-order valence-corrected chi connectivity index (χ0v) is 12.1. The highest BCUT2D eigenvalue weighted by molar-refractivity contribution is 5.20. The molecule has 0 amide bonds. The Hall–Kier alpha value is -1.02. The van der Waals surface area contributed by atoms with Crippen LogP contribution in [0.25, 0.3) is 0 Å². The van der Waals surface area contributed by atoms with Gasteiger partial charge in [0.2, 0.25) is 0 Å². The van der Waals surface area contributed by atoms with E-state index < -0.39 is 0 Å². The Morgan fingerprint density at radius 1 is 1.16 bits per heavy atom. The molecular weight excluding hydrogens is 234 g/mol. The van der Waals surface area contributed by atoms with Gasteiger partial charge in [-0.05, 0) is 37.9 Å². The highest BCUT2D eigenvalue weighted by atomic mass is 16.5. The summed E-state index contributed by atoms with van der Waals surface area (Å²) in [4.78, 5) is 0. The minimum Gasteiger partial charge on any atom is -0.494 e. The van der Waals surface area contributed by atoms with Gasteiger partial charge in [-0.2, -0.15) is 0 Å². The van der Waals surface area contributed by atoms with E-state index in [-0.39, 0.29) is 0 Å². The average Bonchev–Trinajstić information content (AvgIpc) is 2.48. The number of ether oxygens (including phenoxy) is 1. The summed E-state index contributed by atoms with van der Waals surface area (Å²) in [5.41, 5.74) is 0. The summed E-state index contributed by atoms with van der Waals surface area (Å²) >= 11 is 0. The van der Waals surface area contributed by atoms with Crippen molar-refractivity contribution in [1.29, 1.82) is 0 Å². The molecule has 1 aliphatic carbocycles. The predicted octanol–water partition coefficient (Wildman–Crippen LogP) is 4.01. The number of benzene rings is 1. The Kier molecular flexibility index (Phi) is 6.22. The molecule has 0 aromatic heterocycles. The fourth-order valence-electron chi connectivity index (χ4n) is 3.04. The third kappa shape index (κ3) is 5.23. The van der Waals surface area contributed by atoms with Gasteiger partial charge in [-0.15, -0.1) is 0 Å². The van der Waals surface area contributed by atoms with Crippen molar-refractivity contribution in [1.82, 2.24) is 5.32 Å². The van der Waals surface area contributed by atoms with E-state index >= 15 is 0 Å². The molecule has 106 valence electrons. The van der Waals surface area contributed by atoms with Gasteiger partial charge in [-0.25, -0.2) is 0 Å². The zero-order valence-electron chi connectivity index (χ0n) is 12.1. The molecular formula is C17H27NO. The molecule has 1 aliphatic rings. The molecule has 2 rings (SSSR count). The maximum Gasteiger partial charge on any atom is 0.119 e. The van der Waals surface area contributed by atoms with Crippen LogP contribution in [0, 0.1) is 5.92 Å². The van der Waals surface area contributed by atoms with Crippen LogP contribution in [-0.2, 0) is 0 Å². The summed E-state index contributed by atoms with van der Waals surface area (Å²) in [7, 11) is 2.08. The molecule has 0 radical (unpaired) electrons. The lowest BCUT2D eigenvalue weighted by Gasteiger charge is -2.26. The van der Waals surface area contributed by atoms with Crippen molar-refractivity contribution >= 4 is 0 Å². The van der Waals surface area contributed by atoms with E-state index in [0.717, 1.165) is 24.7 Å². The second-order valence-corrected chi connectivity index (χ2v) is 5.68. The summed E-state index contributed by atoms with van der Waals surface area (Å²) in [6.07, 6.45) is 9.58. The van der Waals surface area contributed by atoms with Gasteiger partial charge in [-0.1, -0.05) is 50.3 Å². The van der Waals surface area contributed by atoms with Crippen LogP contribution in [0.4, 0.5) is 0 Å². The maximum absolute atomic E-state index is 5.79. The Labute approximate surface area is 117 Å². The predicted molar refractivity (Wildman–Crippen MR) is 80.6 cm³/mol. The van der Waals surface area contributed by atoms with E-state index in [0.29, 0.717) is 6.04 Å². The third-order valence-electron chi connectivity index (χ3n) is 4.23. The van der Waals surface area contributed by atoms with Gasteiger partial charge in [0.25, 0.3) is 0 Å². The average molecular weight is 261 g/mol. The number of nitrogens with one attached hydrogen (secondary N) is 1. The lowest BCUT2D eigenvalue weighted by atomic mass is 9.84. The summed E-state index contributed by atoms with van der Waals surface area (Å²) in [6.45, 7) is 0.808. The number of para-hydroxylation sites is 1. The van der Waals surface area contributed by atoms with Gasteiger partial charge in [0.15, 0.2) is 0 Å². The van der Waals surface area contributed by atoms with Gasteiger partial charge < -0.3 is 10.1 Å². The van der Waals surface area contributed by atoms with Gasteiger partial charge in [0.1, 0.15) is 5.75 Å². The summed E-state index contributed by atoms with van der Waals surface area (Å²) in [5.74, 6) is 1.91. The zero-order chi connectivity index (χ0) is 13.3. The molecule has 1 aromatic carbocycles. The second kappa shape index (κ2) is 8.21. The molecule has 1 atom stereocenters. The first-order valence-corrected chi connectivity index (χ1v) is 7.73. The first kappa shape index (κ1) is 14.4. The Balaban J connectivity index is 1.67. The highest BCUT2D eigenvalue weighted by Gasteiger charge is 2.17. The Morgan fingerprint density at radius 2 is 1.89 bits per heavy atom. The molecule has 1 fully saturated rings. The van der Waals surface area contributed by atoms with Crippen molar-refractivity contribution in [3.05, 3.63) is 30.3 Å². The quantitative estimate of drug-likeness (QED) is 0.800. The Morgan fingerprint density at radius 3 is 2.58 bits per heavy atom. The van der Waals surface area contributed by atoms with Crippen LogP contribution in [-0.4, -0.2) is 19.7 Å². The normalized spacial score (nSPS) is 18.2. The van der Waals surface area contributed by atoms with Crippen LogP contribution in [0.1, 0.15) is 44.9 Å². The van der Waals surface area contributed by atoms with Crippen molar-refractivity contribution < 1.29 is 4.74 Å². The first-order valence-electron chi connectivity index (χ1n) is 7.73. The highest BCUT2D eigenvalue weighted by Crippen LogP contribution is 2.27. The lowest BCUT2D eigenvalue weighted by molar-refractivity contribution is 0.252. The SMILES string of the molecule is CNC(CCOc1ccccc1)CC1CCCCC1. The van der Waals surface area contributed by atoms with Crippen LogP contribution in [0.3, 0.4) is 0 Å². The molecule has 1 N–H and O–H groups in total. The van der Waals surface area contributed by atoms with Gasteiger partial charge in [0.05, 0.1) is 6.61 Å². The van der Waals surface area contributed by atoms with Crippen LogP contribution < -0.4 is 10.1 Å². The molecule has 0 bridgehead atoms. The third-order valence-corrected chi connectivity index (χ3v) is 4.23. The van der Waals surface area contributed by atoms with Crippen molar-refractivity contribution in [3.8, 4) is 5.75 Å². The monoisotopic (exact) mass is 261 g/mol. The summed E-state index contributed by atoms with van der Waals surface area (Å²) < 4.78 is 5.79. The molecule has 0 spiro atoms. The van der Waals surface area contributed by atoms with Gasteiger partial charge in [-0.3, -0.25) is 0 Å². The first-order chi connectivity index (χ1) is 9.38. The van der Waals surface area contributed by atoms with E-state index in [1.54, 1.807) is 0 Å². The molecule has 0 heterocycles. The second-order valence-electron chi connectivity index (χ2n) is 5.68. The fourth-order valence-corrected chi connectivity index (χ4v) is 3.04. The van der Waals surface area contributed by atoms with Crippen molar-refractivity contribution in [2.24, 2.45) is 5.92 Å². The summed E-state index contributed by atoms with van der Waals surface area (Å²) in [5, 5.41) is 3.46. The van der Waals surface area contributed by atoms with Crippen molar-refractivity contribution in [2.75, 3.05) is 13.7 Å². The van der Waals surface area contributed by atoms with Crippen LogP contribution in [0.15, 0.2) is 30.3 Å². The van der Waals surface area contributed by atoms with Crippen molar-refractivity contribution in [3.63, 3.8) is 0 Å². The molecule has 2 nitrogen and oxygen atoms in total. The molecule has 1 unspecified atom stereocenters. The molecule has 2 heteroatoms. The fraction of sp³-hybridized carbons (Fsp3) is 0.647. The number of hydrogen-bond donors (Lipinski definition) is 1. The molecule has 1 aromatic rings. The van der Waals surface area contributed by atoms with Crippen molar-refractivity contribution in [2.45, 2.75) is 51.0 Å². The molecule has 1 saturated carbocycles. The standard InChI is InChI=1S/C17H27NO/c1-18-16(14-15-8-4-2-5-9-15)12-13-19-17-10-6-3-7-11-17/h3,6-7,10-11,15-16,18H,2,4-5,8-9,12-14H2,1H3. The van der Waals surface area contributed by atoms with E-state index in [2.05, 4.69) is 12.4 Å². The molecule has 19 heavy (non-hydrogen) atoms. The van der Waals surface area contributed by atoms with E-state index in [9.17, 15) is 0 Å². The minimum absolute atomic E-state index is 0.604. The van der Waals surface area contributed by atoms with E-state index in [1.807, 2.05) is 30.3 Å². The number of rotatable bonds is 7. The minimum atomic E-state index is 0.604. The maximum atomic E-state index is 5.79. The number of hydrogen-bond acceptors (Lipinski definition) is 2. The van der Waals surface area contributed by atoms with Gasteiger partial charge in [0, 0.05) is 6.04 Å². The van der Waals surface area contributed by atoms with Crippen LogP contribution >= 0.6 is 0 Å². The smallest absolute Gasteiger partial charge is 0.119 e. The van der Waals surface area contributed by atoms with E-state index in [1.165, 1.54) is 38.5 Å². The topological polar surface area (TPSA) is 21.3 Å². The van der Waals surface area contributed by atoms with Crippen LogP contribution in [0.2, 0.25) is 0 Å². The molecule has 0 aliphatic heterocycles. The van der Waals surface area contributed by atoms with Crippen LogP contribution in [0.5, 0.6) is 5.75 Å². The largest absolute Gasteiger partial charge is 0.494 e. The Bertz CT molecular complexity index is 332. The van der Waals surface area contributed by atoms with Gasteiger partial charge >= 0.3 is 0 Å². The lowest BCUT2D eigenvalue weighted by Crippen LogP contribution is -2.30. The summed E-state index contributed by atoms with van der Waals surface area (Å²) in [6, 6.07) is 10.7. The molecule has 0 saturated heterocycles.